The van der Waals surface area contributed by atoms with Crippen molar-refractivity contribution in [3.8, 4) is 5.75 Å². The number of ether oxygens (including phenoxy) is 1. The third-order valence-corrected chi connectivity index (χ3v) is 5.83. The Bertz CT molecular complexity index is 1320. The van der Waals surface area contributed by atoms with E-state index in [0.717, 1.165) is 28.1 Å². The monoisotopic (exact) mass is 456 g/mol. The SMILES string of the molecule is C=CC(=O)Nc1cccc(Nc2nc(SCc3cccc(C)c3)nc3ccc(OC)cc23)c1. The van der Waals surface area contributed by atoms with E-state index in [1.54, 1.807) is 18.9 Å². The van der Waals surface area contributed by atoms with Gasteiger partial charge in [0.2, 0.25) is 5.91 Å². The van der Waals surface area contributed by atoms with Crippen molar-refractivity contribution >= 4 is 45.8 Å². The Morgan fingerprint density at radius 3 is 2.67 bits per heavy atom. The first-order valence-corrected chi connectivity index (χ1v) is 11.4. The van der Waals surface area contributed by atoms with E-state index < -0.39 is 0 Å². The lowest BCUT2D eigenvalue weighted by atomic mass is 10.2. The smallest absolute Gasteiger partial charge is 0.247 e. The Labute approximate surface area is 197 Å². The van der Waals surface area contributed by atoms with Gasteiger partial charge in [-0.15, -0.1) is 0 Å². The van der Waals surface area contributed by atoms with Gasteiger partial charge in [0.1, 0.15) is 11.6 Å². The molecule has 6 nitrogen and oxygen atoms in total. The lowest BCUT2D eigenvalue weighted by Crippen LogP contribution is -2.07. The number of carbonyl (C=O) groups excluding carboxylic acids is 1. The zero-order valence-corrected chi connectivity index (χ0v) is 19.3. The van der Waals surface area contributed by atoms with Gasteiger partial charge in [0.15, 0.2) is 5.16 Å². The van der Waals surface area contributed by atoms with Crippen molar-refractivity contribution in [1.29, 1.82) is 0 Å². The highest BCUT2D eigenvalue weighted by molar-refractivity contribution is 7.98. The first-order chi connectivity index (χ1) is 16.0. The summed E-state index contributed by atoms with van der Waals surface area (Å²) in [5, 5.41) is 7.67. The van der Waals surface area contributed by atoms with Crippen molar-refractivity contribution in [1.82, 2.24) is 9.97 Å². The predicted octanol–water partition coefficient (Wildman–Crippen LogP) is 6.11. The van der Waals surface area contributed by atoms with Gasteiger partial charge in [0.25, 0.3) is 0 Å². The van der Waals surface area contributed by atoms with E-state index >= 15 is 0 Å². The number of benzene rings is 3. The molecule has 0 aliphatic heterocycles. The minimum Gasteiger partial charge on any atom is -0.497 e. The number of nitrogens with zero attached hydrogens (tertiary/aromatic N) is 2. The van der Waals surface area contributed by atoms with Gasteiger partial charge in [0, 0.05) is 22.5 Å². The quantitative estimate of drug-likeness (QED) is 0.189. The molecule has 0 spiro atoms. The summed E-state index contributed by atoms with van der Waals surface area (Å²) in [6, 6.07) is 21.6. The molecule has 0 unspecified atom stereocenters. The zero-order valence-electron chi connectivity index (χ0n) is 18.5. The molecule has 7 heteroatoms. The molecule has 1 heterocycles. The van der Waals surface area contributed by atoms with Crippen LogP contribution >= 0.6 is 11.8 Å². The molecule has 0 radical (unpaired) electrons. The summed E-state index contributed by atoms with van der Waals surface area (Å²) >= 11 is 1.58. The summed E-state index contributed by atoms with van der Waals surface area (Å²) in [6.45, 7) is 5.58. The molecule has 166 valence electrons. The van der Waals surface area contributed by atoms with Gasteiger partial charge < -0.3 is 15.4 Å². The largest absolute Gasteiger partial charge is 0.497 e. The molecular formula is C26H24N4O2S. The summed E-state index contributed by atoms with van der Waals surface area (Å²) in [4.78, 5) is 21.2. The van der Waals surface area contributed by atoms with Gasteiger partial charge in [0.05, 0.1) is 12.6 Å². The van der Waals surface area contributed by atoms with Crippen LogP contribution in [-0.4, -0.2) is 23.0 Å². The number of aromatic nitrogens is 2. The van der Waals surface area contributed by atoms with Crippen LogP contribution in [0.15, 0.2) is 84.5 Å². The number of hydrogen-bond acceptors (Lipinski definition) is 6. The van der Waals surface area contributed by atoms with Crippen LogP contribution in [0.3, 0.4) is 0 Å². The number of thioether (sulfide) groups is 1. The number of aryl methyl sites for hydroxylation is 1. The highest BCUT2D eigenvalue weighted by Gasteiger charge is 2.11. The maximum absolute atomic E-state index is 11.7. The molecule has 4 rings (SSSR count). The molecule has 3 aromatic carbocycles. The Morgan fingerprint density at radius 1 is 1.06 bits per heavy atom. The van der Waals surface area contributed by atoms with Crippen LogP contribution in [0.5, 0.6) is 5.75 Å². The Morgan fingerprint density at radius 2 is 1.88 bits per heavy atom. The summed E-state index contributed by atoms with van der Waals surface area (Å²) in [5.74, 6) is 1.89. The third kappa shape index (κ3) is 5.70. The molecular weight excluding hydrogens is 432 g/mol. The van der Waals surface area contributed by atoms with Crippen LogP contribution in [0.4, 0.5) is 17.2 Å². The van der Waals surface area contributed by atoms with E-state index in [2.05, 4.69) is 48.4 Å². The van der Waals surface area contributed by atoms with Crippen molar-refractivity contribution in [2.45, 2.75) is 17.8 Å². The predicted molar refractivity (Wildman–Crippen MR) is 135 cm³/mol. The van der Waals surface area contributed by atoms with Crippen molar-refractivity contribution in [3.05, 3.63) is 90.5 Å². The summed E-state index contributed by atoms with van der Waals surface area (Å²) in [7, 11) is 1.63. The molecule has 0 saturated carbocycles. The normalized spacial score (nSPS) is 10.6. The van der Waals surface area contributed by atoms with Crippen LogP contribution in [-0.2, 0) is 10.5 Å². The number of amides is 1. The molecule has 1 amide bonds. The van der Waals surface area contributed by atoms with Gasteiger partial charge in [-0.1, -0.05) is 54.2 Å². The Kier molecular flexibility index (Phi) is 6.90. The molecule has 1 aromatic heterocycles. The van der Waals surface area contributed by atoms with Gasteiger partial charge >= 0.3 is 0 Å². The first kappa shape index (κ1) is 22.4. The highest BCUT2D eigenvalue weighted by atomic mass is 32.2. The average Bonchev–Trinajstić information content (AvgIpc) is 2.82. The number of nitrogens with one attached hydrogen (secondary N) is 2. The Hall–Kier alpha value is -3.84. The van der Waals surface area contributed by atoms with Gasteiger partial charge in [-0.25, -0.2) is 9.97 Å². The van der Waals surface area contributed by atoms with Gasteiger partial charge in [-0.3, -0.25) is 4.79 Å². The van der Waals surface area contributed by atoms with Crippen molar-refractivity contribution < 1.29 is 9.53 Å². The fraction of sp³-hybridized carbons (Fsp3) is 0.115. The molecule has 33 heavy (non-hydrogen) atoms. The maximum Gasteiger partial charge on any atom is 0.247 e. The van der Waals surface area contributed by atoms with Crippen molar-refractivity contribution in [2.75, 3.05) is 17.7 Å². The standard InChI is InChI=1S/C26H24N4O2S/c1-4-24(31)27-19-9-6-10-20(14-19)28-25-22-15-21(32-3)11-12-23(22)29-26(30-25)33-16-18-8-5-7-17(2)13-18/h4-15H,1,16H2,2-3H3,(H,27,31)(H,28,29,30). The fourth-order valence-electron chi connectivity index (χ4n) is 3.33. The second-order valence-corrected chi connectivity index (χ2v) is 8.36. The minimum atomic E-state index is -0.265. The Balaban J connectivity index is 1.66. The van der Waals surface area contributed by atoms with Crippen LogP contribution in [0.25, 0.3) is 10.9 Å². The van der Waals surface area contributed by atoms with E-state index in [1.165, 1.54) is 17.2 Å². The van der Waals surface area contributed by atoms with Crippen LogP contribution in [0, 0.1) is 6.92 Å². The number of methoxy groups -OCH3 is 1. The maximum atomic E-state index is 11.7. The number of anilines is 3. The average molecular weight is 457 g/mol. The summed E-state index contributed by atoms with van der Waals surface area (Å²) < 4.78 is 5.40. The van der Waals surface area contributed by atoms with Gasteiger partial charge in [-0.2, -0.15) is 0 Å². The lowest BCUT2D eigenvalue weighted by molar-refractivity contribution is -0.111. The number of hydrogen-bond donors (Lipinski definition) is 2. The van der Waals surface area contributed by atoms with E-state index in [1.807, 2.05) is 42.5 Å². The molecule has 0 bridgehead atoms. The molecule has 0 aliphatic carbocycles. The van der Waals surface area contributed by atoms with Gasteiger partial charge in [-0.05, 0) is 55.0 Å². The van der Waals surface area contributed by atoms with Crippen LogP contribution in [0.1, 0.15) is 11.1 Å². The molecule has 0 saturated heterocycles. The second-order valence-electron chi connectivity index (χ2n) is 7.41. The highest BCUT2D eigenvalue weighted by Crippen LogP contribution is 2.31. The van der Waals surface area contributed by atoms with Crippen molar-refractivity contribution in [2.24, 2.45) is 0 Å². The number of carbonyl (C=O) groups is 1. The minimum absolute atomic E-state index is 0.265. The number of rotatable bonds is 8. The summed E-state index contributed by atoms with van der Waals surface area (Å²) in [6.07, 6.45) is 1.24. The van der Waals surface area contributed by atoms with E-state index in [-0.39, 0.29) is 5.91 Å². The summed E-state index contributed by atoms with van der Waals surface area (Å²) in [5.41, 5.74) is 4.71. The topological polar surface area (TPSA) is 76.1 Å². The molecule has 4 aromatic rings. The number of fused-ring (bicyclic) bond motifs is 1. The molecule has 0 aliphatic rings. The second kappa shape index (κ2) is 10.2. The molecule has 2 N–H and O–H groups in total. The van der Waals surface area contributed by atoms with Crippen LogP contribution in [0.2, 0.25) is 0 Å². The first-order valence-electron chi connectivity index (χ1n) is 10.4. The fourth-order valence-corrected chi connectivity index (χ4v) is 4.12. The zero-order chi connectivity index (χ0) is 23.2. The lowest BCUT2D eigenvalue weighted by Gasteiger charge is -2.13. The van der Waals surface area contributed by atoms with E-state index in [4.69, 9.17) is 14.7 Å². The van der Waals surface area contributed by atoms with E-state index in [9.17, 15) is 4.79 Å². The van der Waals surface area contributed by atoms with E-state index in [0.29, 0.717) is 16.7 Å². The molecule has 0 atom stereocenters. The van der Waals surface area contributed by atoms with Crippen molar-refractivity contribution in [3.63, 3.8) is 0 Å². The third-order valence-electron chi connectivity index (χ3n) is 4.91. The molecule has 0 fully saturated rings. The van der Waals surface area contributed by atoms with Crippen LogP contribution < -0.4 is 15.4 Å².